The van der Waals surface area contributed by atoms with Crippen LogP contribution in [0.3, 0.4) is 0 Å². The van der Waals surface area contributed by atoms with Crippen molar-refractivity contribution in [3.63, 3.8) is 0 Å². The fraction of sp³-hybridized carbons (Fsp3) is 0.556. The van der Waals surface area contributed by atoms with Crippen LogP contribution in [0.1, 0.15) is 5.76 Å². The maximum Gasteiger partial charge on any atom is 0.214 e. The zero-order valence-electron chi connectivity index (χ0n) is 9.53. The number of hydrogen-bond donors (Lipinski definition) is 1. The summed E-state index contributed by atoms with van der Waals surface area (Å²) in [5.41, 5.74) is 0. The van der Waals surface area contributed by atoms with Crippen LogP contribution < -0.4 is 5.32 Å². The molecule has 8 heteroatoms. The smallest absolute Gasteiger partial charge is 0.214 e. The van der Waals surface area contributed by atoms with E-state index in [2.05, 4.69) is 37.2 Å². The highest BCUT2D eigenvalue weighted by molar-refractivity contribution is 9.13. The molecule has 0 radical (unpaired) electrons. The number of halogens is 2. The van der Waals surface area contributed by atoms with Crippen LogP contribution in [0.15, 0.2) is 19.6 Å². The second kappa shape index (κ2) is 6.33. The van der Waals surface area contributed by atoms with Gasteiger partial charge in [0.25, 0.3) is 0 Å². The molecule has 0 aromatic carbocycles. The molecule has 0 aliphatic carbocycles. The lowest BCUT2D eigenvalue weighted by Gasteiger charge is -2.10. The van der Waals surface area contributed by atoms with E-state index in [9.17, 15) is 8.42 Å². The van der Waals surface area contributed by atoms with E-state index in [1.54, 1.807) is 0 Å². The highest BCUT2D eigenvalue weighted by atomic mass is 79.9. The van der Waals surface area contributed by atoms with Crippen molar-refractivity contribution in [1.82, 2.24) is 9.62 Å². The van der Waals surface area contributed by atoms with Crippen molar-refractivity contribution >= 4 is 41.9 Å². The van der Waals surface area contributed by atoms with Gasteiger partial charge in [0.1, 0.15) is 5.76 Å². The van der Waals surface area contributed by atoms with Crippen molar-refractivity contribution in [2.24, 2.45) is 0 Å². The SMILES string of the molecule is CN(C)S(=O)(=O)CCNCc1cc(Br)c(Br)o1. The Morgan fingerprint density at radius 1 is 1.41 bits per heavy atom. The molecule has 0 bridgehead atoms. The summed E-state index contributed by atoms with van der Waals surface area (Å²) in [6.45, 7) is 0.879. The predicted molar refractivity (Wildman–Crippen MR) is 73.3 cm³/mol. The van der Waals surface area contributed by atoms with Gasteiger partial charge in [-0.05, 0) is 37.9 Å². The van der Waals surface area contributed by atoms with Gasteiger partial charge in [-0.2, -0.15) is 0 Å². The molecule has 5 nitrogen and oxygen atoms in total. The molecule has 1 aromatic rings. The normalized spacial score (nSPS) is 12.3. The van der Waals surface area contributed by atoms with E-state index in [-0.39, 0.29) is 5.75 Å². The summed E-state index contributed by atoms with van der Waals surface area (Å²) in [4.78, 5) is 0. The number of sulfonamides is 1. The molecular formula is C9H14Br2N2O3S. The number of rotatable bonds is 6. The van der Waals surface area contributed by atoms with Crippen LogP contribution in [-0.4, -0.2) is 39.1 Å². The zero-order valence-corrected chi connectivity index (χ0v) is 13.5. The molecule has 0 unspecified atom stereocenters. The fourth-order valence-electron chi connectivity index (χ4n) is 1.07. The predicted octanol–water partition coefficient (Wildman–Crippen LogP) is 1.79. The summed E-state index contributed by atoms with van der Waals surface area (Å²) in [5.74, 6) is 0.814. The second-order valence-corrected chi connectivity index (χ2v) is 7.49. The molecule has 1 N–H and O–H groups in total. The summed E-state index contributed by atoms with van der Waals surface area (Å²) >= 11 is 6.54. The summed E-state index contributed by atoms with van der Waals surface area (Å²) in [6, 6.07) is 1.83. The minimum atomic E-state index is -3.13. The van der Waals surface area contributed by atoms with Gasteiger partial charge in [0.05, 0.1) is 16.8 Å². The monoisotopic (exact) mass is 388 g/mol. The number of nitrogens with zero attached hydrogens (tertiary/aromatic N) is 1. The highest BCUT2D eigenvalue weighted by Gasteiger charge is 2.12. The Kier molecular flexibility index (Phi) is 5.65. The summed E-state index contributed by atoms with van der Waals surface area (Å²) < 4.78 is 30.9. The maximum atomic E-state index is 11.4. The molecule has 0 amide bonds. The van der Waals surface area contributed by atoms with E-state index in [1.807, 2.05) is 6.07 Å². The molecule has 0 spiro atoms. The maximum absolute atomic E-state index is 11.4. The zero-order chi connectivity index (χ0) is 13.1. The van der Waals surface area contributed by atoms with E-state index in [4.69, 9.17) is 4.42 Å². The Labute approximate surface area is 118 Å². The lowest BCUT2D eigenvalue weighted by atomic mass is 10.4. The molecule has 17 heavy (non-hydrogen) atoms. The summed E-state index contributed by atoms with van der Waals surface area (Å²) in [7, 11) is -0.0861. The Morgan fingerprint density at radius 3 is 2.53 bits per heavy atom. The summed E-state index contributed by atoms with van der Waals surface area (Å²) in [6.07, 6.45) is 0. The molecule has 1 heterocycles. The van der Waals surface area contributed by atoms with E-state index in [1.165, 1.54) is 18.4 Å². The molecule has 0 saturated heterocycles. The van der Waals surface area contributed by atoms with Gasteiger partial charge in [-0.25, -0.2) is 12.7 Å². The molecule has 0 atom stereocenters. The number of hydrogen-bond acceptors (Lipinski definition) is 4. The van der Waals surface area contributed by atoms with Gasteiger partial charge in [-0.3, -0.25) is 0 Å². The van der Waals surface area contributed by atoms with Gasteiger partial charge >= 0.3 is 0 Å². The van der Waals surface area contributed by atoms with E-state index in [0.717, 1.165) is 10.2 Å². The van der Waals surface area contributed by atoms with Crippen LogP contribution >= 0.6 is 31.9 Å². The Bertz CT molecular complexity index is 451. The quantitative estimate of drug-likeness (QED) is 0.753. The van der Waals surface area contributed by atoms with Gasteiger partial charge in [0.15, 0.2) is 4.67 Å². The highest BCUT2D eigenvalue weighted by Crippen LogP contribution is 2.26. The first-order valence-corrected chi connectivity index (χ1v) is 8.07. The molecule has 1 aromatic heterocycles. The van der Waals surface area contributed by atoms with Gasteiger partial charge < -0.3 is 9.73 Å². The van der Waals surface area contributed by atoms with Crippen LogP contribution in [0.4, 0.5) is 0 Å². The third-order valence-corrected chi connectivity index (χ3v) is 5.63. The van der Waals surface area contributed by atoms with Crippen molar-refractivity contribution in [3.8, 4) is 0 Å². The van der Waals surface area contributed by atoms with Gasteiger partial charge in [-0.15, -0.1) is 0 Å². The molecule has 0 aliphatic heterocycles. The number of furan rings is 1. The fourth-order valence-corrected chi connectivity index (χ4v) is 2.50. The molecule has 1 rings (SSSR count). The number of nitrogens with one attached hydrogen (secondary N) is 1. The first-order valence-electron chi connectivity index (χ1n) is 4.87. The van der Waals surface area contributed by atoms with E-state index in [0.29, 0.717) is 17.8 Å². The van der Waals surface area contributed by atoms with Crippen LogP contribution in [0.25, 0.3) is 0 Å². The van der Waals surface area contributed by atoms with E-state index >= 15 is 0 Å². The largest absolute Gasteiger partial charge is 0.452 e. The lowest BCUT2D eigenvalue weighted by Crippen LogP contribution is -2.30. The first kappa shape index (κ1) is 15.2. The van der Waals surface area contributed by atoms with Crippen LogP contribution in [0.2, 0.25) is 0 Å². The third kappa shape index (κ3) is 4.70. The molecule has 0 aliphatic rings. The third-order valence-electron chi connectivity index (χ3n) is 2.09. The Hall–Kier alpha value is 0.110. The van der Waals surface area contributed by atoms with Crippen molar-refractivity contribution in [2.75, 3.05) is 26.4 Å². The average Bonchev–Trinajstić information content (AvgIpc) is 2.53. The van der Waals surface area contributed by atoms with Crippen LogP contribution in [0, 0.1) is 0 Å². The van der Waals surface area contributed by atoms with Crippen molar-refractivity contribution in [1.29, 1.82) is 0 Å². The lowest BCUT2D eigenvalue weighted by molar-refractivity contribution is 0.466. The molecule has 0 saturated carbocycles. The van der Waals surface area contributed by atoms with Gasteiger partial charge in [0, 0.05) is 20.6 Å². The average molecular weight is 390 g/mol. The minimum Gasteiger partial charge on any atom is -0.452 e. The van der Waals surface area contributed by atoms with Gasteiger partial charge in [0.2, 0.25) is 10.0 Å². The Balaban J connectivity index is 2.34. The first-order chi connectivity index (χ1) is 7.83. The van der Waals surface area contributed by atoms with Crippen molar-refractivity contribution in [3.05, 3.63) is 21.0 Å². The van der Waals surface area contributed by atoms with Crippen LogP contribution in [0.5, 0.6) is 0 Å². The molecular weight excluding hydrogens is 376 g/mol. The van der Waals surface area contributed by atoms with E-state index < -0.39 is 10.0 Å². The molecule has 0 fully saturated rings. The molecule has 98 valence electrons. The van der Waals surface area contributed by atoms with Crippen molar-refractivity contribution in [2.45, 2.75) is 6.54 Å². The summed E-state index contributed by atoms with van der Waals surface area (Å²) in [5, 5.41) is 3.01. The topological polar surface area (TPSA) is 62.6 Å². The van der Waals surface area contributed by atoms with Crippen molar-refractivity contribution < 1.29 is 12.8 Å². The standard InChI is InChI=1S/C9H14Br2N2O3S/c1-13(2)17(14,15)4-3-12-6-7-5-8(10)9(11)16-7/h5,12H,3-4,6H2,1-2H3. The Morgan fingerprint density at radius 2 is 2.06 bits per heavy atom. The second-order valence-electron chi connectivity index (χ2n) is 3.61. The van der Waals surface area contributed by atoms with Gasteiger partial charge in [-0.1, -0.05) is 0 Å². The minimum absolute atomic E-state index is 0.0725. The van der Waals surface area contributed by atoms with Crippen LogP contribution in [-0.2, 0) is 16.6 Å².